The van der Waals surface area contributed by atoms with Gasteiger partial charge in [-0.3, -0.25) is 4.79 Å². The first-order chi connectivity index (χ1) is 13.6. The third-order valence-electron chi connectivity index (χ3n) is 4.10. The Labute approximate surface area is 167 Å². The quantitative estimate of drug-likeness (QED) is 0.674. The molecule has 1 aliphatic rings. The second-order valence-corrected chi connectivity index (χ2v) is 7.46. The zero-order chi connectivity index (χ0) is 19.5. The van der Waals surface area contributed by atoms with E-state index in [0.29, 0.717) is 18.0 Å². The highest BCUT2D eigenvalue weighted by Crippen LogP contribution is 2.32. The number of nitrogens with one attached hydrogen (secondary N) is 1. The molecule has 0 atom stereocenters. The molecule has 0 saturated heterocycles. The summed E-state index contributed by atoms with van der Waals surface area (Å²) in [6.07, 6.45) is 0.130. The lowest BCUT2D eigenvalue weighted by Gasteiger charge is -2.09. The molecule has 2 heterocycles. The van der Waals surface area contributed by atoms with E-state index in [0.717, 1.165) is 27.6 Å². The number of hydrogen-bond acceptors (Lipinski definition) is 6. The molecule has 3 aromatic rings. The van der Waals surface area contributed by atoms with Gasteiger partial charge in [0.2, 0.25) is 6.79 Å². The number of fused-ring (bicyclic) bond motifs is 1. The van der Waals surface area contributed by atoms with E-state index in [1.807, 2.05) is 56.3 Å². The third kappa shape index (κ3) is 4.09. The van der Waals surface area contributed by atoms with Crippen LogP contribution in [0.1, 0.15) is 29.9 Å². The average Bonchev–Trinajstić information content (AvgIpc) is 3.35. The second-order valence-electron chi connectivity index (χ2n) is 6.60. The van der Waals surface area contributed by atoms with Crippen molar-refractivity contribution in [3.8, 4) is 27.8 Å². The molecule has 0 radical (unpaired) electrons. The SMILES string of the molecule is CC(C)Oc1ccc(-c2nc(C(=O)NCc3ccc4c(c3)OCO4)cs2)cc1. The van der Waals surface area contributed by atoms with Crippen molar-refractivity contribution in [2.45, 2.75) is 26.5 Å². The summed E-state index contributed by atoms with van der Waals surface area (Å²) in [5, 5.41) is 5.45. The Kier molecular flexibility index (Phi) is 5.16. The van der Waals surface area contributed by atoms with Crippen LogP contribution in [-0.2, 0) is 6.54 Å². The van der Waals surface area contributed by atoms with Crippen LogP contribution < -0.4 is 19.5 Å². The molecular weight excluding hydrogens is 376 g/mol. The van der Waals surface area contributed by atoms with Gasteiger partial charge in [-0.1, -0.05) is 6.07 Å². The summed E-state index contributed by atoms with van der Waals surface area (Å²) in [4.78, 5) is 16.9. The minimum absolute atomic E-state index is 0.130. The lowest BCUT2D eigenvalue weighted by Crippen LogP contribution is -2.23. The maximum absolute atomic E-state index is 12.4. The fourth-order valence-electron chi connectivity index (χ4n) is 2.78. The van der Waals surface area contributed by atoms with E-state index in [4.69, 9.17) is 14.2 Å². The van der Waals surface area contributed by atoms with Crippen LogP contribution in [-0.4, -0.2) is 23.8 Å². The number of hydrogen-bond donors (Lipinski definition) is 1. The topological polar surface area (TPSA) is 69.7 Å². The Balaban J connectivity index is 1.39. The van der Waals surface area contributed by atoms with Crippen LogP contribution in [0.3, 0.4) is 0 Å². The van der Waals surface area contributed by atoms with Gasteiger partial charge in [-0.25, -0.2) is 4.98 Å². The maximum atomic E-state index is 12.4. The summed E-state index contributed by atoms with van der Waals surface area (Å²) in [6, 6.07) is 13.3. The standard InChI is InChI=1S/C21H20N2O4S/c1-13(2)27-16-6-4-15(5-7-16)21-23-17(11-28-21)20(24)22-10-14-3-8-18-19(9-14)26-12-25-18/h3-9,11,13H,10,12H2,1-2H3,(H,22,24). The maximum Gasteiger partial charge on any atom is 0.271 e. The Morgan fingerprint density at radius 1 is 1.18 bits per heavy atom. The fraction of sp³-hybridized carbons (Fsp3) is 0.238. The molecular formula is C21H20N2O4S. The van der Waals surface area contributed by atoms with E-state index in [2.05, 4.69) is 10.3 Å². The summed E-state index contributed by atoms with van der Waals surface area (Å²) in [5.74, 6) is 2.04. The molecule has 4 rings (SSSR count). The molecule has 2 aromatic carbocycles. The zero-order valence-electron chi connectivity index (χ0n) is 15.6. The van der Waals surface area contributed by atoms with Gasteiger partial charge in [-0.05, 0) is 55.8 Å². The highest BCUT2D eigenvalue weighted by molar-refractivity contribution is 7.13. The van der Waals surface area contributed by atoms with Crippen LogP contribution in [0.2, 0.25) is 0 Å². The highest BCUT2D eigenvalue weighted by Gasteiger charge is 2.15. The number of rotatable bonds is 6. The predicted molar refractivity (Wildman–Crippen MR) is 107 cm³/mol. The van der Waals surface area contributed by atoms with Gasteiger partial charge < -0.3 is 19.5 Å². The monoisotopic (exact) mass is 396 g/mol. The van der Waals surface area contributed by atoms with Gasteiger partial charge >= 0.3 is 0 Å². The summed E-state index contributed by atoms with van der Waals surface area (Å²) in [6.45, 7) is 4.60. The number of amides is 1. The van der Waals surface area contributed by atoms with Gasteiger partial charge in [0, 0.05) is 17.5 Å². The number of carbonyl (C=O) groups is 1. The van der Waals surface area contributed by atoms with Crippen molar-refractivity contribution in [1.82, 2.24) is 10.3 Å². The number of carbonyl (C=O) groups excluding carboxylic acids is 1. The fourth-order valence-corrected chi connectivity index (χ4v) is 3.59. The first-order valence-corrected chi connectivity index (χ1v) is 9.86. The molecule has 144 valence electrons. The molecule has 28 heavy (non-hydrogen) atoms. The van der Waals surface area contributed by atoms with Gasteiger partial charge in [0.15, 0.2) is 11.5 Å². The number of thiazole rings is 1. The van der Waals surface area contributed by atoms with Crippen LogP contribution in [0.15, 0.2) is 47.8 Å². The Hall–Kier alpha value is -3.06. The van der Waals surface area contributed by atoms with Crippen LogP contribution in [0.5, 0.6) is 17.2 Å². The van der Waals surface area contributed by atoms with Crippen molar-refractivity contribution < 1.29 is 19.0 Å². The van der Waals surface area contributed by atoms with Crippen molar-refractivity contribution in [1.29, 1.82) is 0 Å². The minimum Gasteiger partial charge on any atom is -0.491 e. The molecule has 0 fully saturated rings. The smallest absolute Gasteiger partial charge is 0.271 e. The van der Waals surface area contributed by atoms with E-state index < -0.39 is 0 Å². The van der Waals surface area contributed by atoms with Gasteiger partial charge in [-0.15, -0.1) is 11.3 Å². The zero-order valence-corrected chi connectivity index (χ0v) is 16.4. The molecule has 1 aliphatic heterocycles. The number of nitrogens with zero attached hydrogens (tertiary/aromatic N) is 1. The Morgan fingerprint density at radius 3 is 2.75 bits per heavy atom. The highest BCUT2D eigenvalue weighted by atomic mass is 32.1. The summed E-state index contributed by atoms with van der Waals surface area (Å²) in [5.41, 5.74) is 2.30. The average molecular weight is 396 g/mol. The first kappa shape index (κ1) is 18.3. The van der Waals surface area contributed by atoms with Crippen LogP contribution >= 0.6 is 11.3 Å². The number of aromatic nitrogens is 1. The molecule has 0 spiro atoms. The van der Waals surface area contributed by atoms with Crippen LogP contribution in [0, 0.1) is 0 Å². The van der Waals surface area contributed by atoms with Crippen molar-refractivity contribution in [3.63, 3.8) is 0 Å². The molecule has 0 saturated carbocycles. The summed E-state index contributed by atoms with van der Waals surface area (Å²) >= 11 is 1.44. The van der Waals surface area contributed by atoms with E-state index in [1.165, 1.54) is 11.3 Å². The lowest BCUT2D eigenvalue weighted by atomic mass is 10.2. The van der Waals surface area contributed by atoms with Gasteiger partial charge in [0.25, 0.3) is 5.91 Å². The third-order valence-corrected chi connectivity index (χ3v) is 4.99. The Morgan fingerprint density at radius 2 is 1.96 bits per heavy atom. The molecule has 0 bridgehead atoms. The van der Waals surface area contributed by atoms with E-state index in [1.54, 1.807) is 5.38 Å². The first-order valence-electron chi connectivity index (χ1n) is 8.98. The van der Waals surface area contributed by atoms with E-state index in [-0.39, 0.29) is 18.8 Å². The molecule has 6 nitrogen and oxygen atoms in total. The van der Waals surface area contributed by atoms with Crippen molar-refractivity contribution in [3.05, 3.63) is 59.1 Å². The van der Waals surface area contributed by atoms with Crippen molar-refractivity contribution in [2.75, 3.05) is 6.79 Å². The normalized spacial score (nSPS) is 12.2. The minimum atomic E-state index is -0.208. The number of benzene rings is 2. The van der Waals surface area contributed by atoms with Crippen molar-refractivity contribution >= 4 is 17.2 Å². The van der Waals surface area contributed by atoms with Gasteiger partial charge in [0.05, 0.1) is 6.10 Å². The summed E-state index contributed by atoms with van der Waals surface area (Å²) < 4.78 is 16.3. The van der Waals surface area contributed by atoms with E-state index in [9.17, 15) is 4.79 Å². The molecule has 1 amide bonds. The largest absolute Gasteiger partial charge is 0.491 e. The van der Waals surface area contributed by atoms with Crippen LogP contribution in [0.25, 0.3) is 10.6 Å². The van der Waals surface area contributed by atoms with E-state index >= 15 is 0 Å². The molecule has 0 aliphatic carbocycles. The number of ether oxygens (including phenoxy) is 3. The van der Waals surface area contributed by atoms with Gasteiger partial charge in [0.1, 0.15) is 16.5 Å². The van der Waals surface area contributed by atoms with Crippen molar-refractivity contribution in [2.24, 2.45) is 0 Å². The predicted octanol–water partition coefficient (Wildman–Crippen LogP) is 4.26. The van der Waals surface area contributed by atoms with Gasteiger partial charge in [-0.2, -0.15) is 0 Å². The molecule has 7 heteroatoms. The lowest BCUT2D eigenvalue weighted by molar-refractivity contribution is 0.0946. The summed E-state index contributed by atoms with van der Waals surface area (Å²) in [7, 11) is 0. The molecule has 1 N–H and O–H groups in total. The molecule has 1 aromatic heterocycles. The Bertz CT molecular complexity index is 982. The molecule has 0 unspecified atom stereocenters. The van der Waals surface area contributed by atoms with Crippen LogP contribution in [0.4, 0.5) is 0 Å². The second kappa shape index (κ2) is 7.90.